The van der Waals surface area contributed by atoms with E-state index in [1.165, 1.54) is 43.2 Å². The second kappa shape index (κ2) is 4.83. The van der Waals surface area contributed by atoms with Gasteiger partial charge < -0.3 is 0 Å². The zero-order valence-electron chi connectivity index (χ0n) is 10.00. The standard InChI is InChI=1S/C15H22/c1-12-5-3-7-14(9-12)11-15-8-4-6-13(2)10-15/h3,5,7,9,13,15H,4,6,8,10-11H2,1-2H3/t13-,15+/m0/s1. The molecule has 0 saturated heterocycles. The van der Waals surface area contributed by atoms with Crippen molar-refractivity contribution < 1.29 is 0 Å². The summed E-state index contributed by atoms with van der Waals surface area (Å²) in [6.07, 6.45) is 7.07. The maximum absolute atomic E-state index is 2.41. The summed E-state index contributed by atoms with van der Waals surface area (Å²) in [4.78, 5) is 0. The molecule has 0 unspecified atom stereocenters. The van der Waals surface area contributed by atoms with Crippen LogP contribution in [0.2, 0.25) is 0 Å². The number of benzene rings is 1. The van der Waals surface area contributed by atoms with Crippen molar-refractivity contribution in [2.75, 3.05) is 0 Å². The minimum Gasteiger partial charge on any atom is -0.0625 e. The van der Waals surface area contributed by atoms with Gasteiger partial charge in [0.25, 0.3) is 0 Å². The van der Waals surface area contributed by atoms with Crippen LogP contribution in [0.1, 0.15) is 43.7 Å². The molecule has 2 rings (SSSR count). The van der Waals surface area contributed by atoms with E-state index < -0.39 is 0 Å². The fourth-order valence-corrected chi connectivity index (χ4v) is 2.92. The number of hydrogen-bond acceptors (Lipinski definition) is 0. The molecule has 1 fully saturated rings. The summed E-state index contributed by atoms with van der Waals surface area (Å²) in [5.41, 5.74) is 2.94. The first-order chi connectivity index (χ1) is 7.24. The highest BCUT2D eigenvalue weighted by Gasteiger charge is 2.18. The van der Waals surface area contributed by atoms with E-state index in [1.807, 2.05) is 0 Å². The van der Waals surface area contributed by atoms with E-state index >= 15 is 0 Å². The second-order valence-electron chi connectivity index (χ2n) is 5.33. The van der Waals surface area contributed by atoms with E-state index in [9.17, 15) is 0 Å². The molecule has 15 heavy (non-hydrogen) atoms. The lowest BCUT2D eigenvalue weighted by atomic mass is 9.79. The van der Waals surface area contributed by atoms with Crippen LogP contribution in [0.25, 0.3) is 0 Å². The SMILES string of the molecule is Cc1cccc(C[C@@H]2CCC[C@H](C)C2)c1. The third-order valence-electron chi connectivity index (χ3n) is 3.65. The van der Waals surface area contributed by atoms with Gasteiger partial charge in [0, 0.05) is 0 Å². The molecule has 0 radical (unpaired) electrons. The van der Waals surface area contributed by atoms with Gasteiger partial charge in [0.2, 0.25) is 0 Å². The fourth-order valence-electron chi connectivity index (χ4n) is 2.92. The van der Waals surface area contributed by atoms with Gasteiger partial charge in [-0.05, 0) is 37.2 Å². The molecular formula is C15H22. The van der Waals surface area contributed by atoms with Crippen molar-refractivity contribution in [1.29, 1.82) is 0 Å². The van der Waals surface area contributed by atoms with Crippen molar-refractivity contribution >= 4 is 0 Å². The molecule has 0 bridgehead atoms. The van der Waals surface area contributed by atoms with E-state index in [2.05, 4.69) is 38.1 Å². The molecule has 1 aliphatic carbocycles. The highest BCUT2D eigenvalue weighted by molar-refractivity contribution is 5.22. The van der Waals surface area contributed by atoms with Gasteiger partial charge in [0.1, 0.15) is 0 Å². The normalized spacial score (nSPS) is 26.5. The van der Waals surface area contributed by atoms with Crippen LogP contribution < -0.4 is 0 Å². The lowest BCUT2D eigenvalue weighted by Crippen LogP contribution is -2.15. The second-order valence-corrected chi connectivity index (χ2v) is 5.33. The van der Waals surface area contributed by atoms with Gasteiger partial charge in [0.15, 0.2) is 0 Å². The Balaban J connectivity index is 1.96. The molecule has 0 N–H and O–H groups in total. The Hall–Kier alpha value is -0.780. The molecule has 1 saturated carbocycles. The highest BCUT2D eigenvalue weighted by atomic mass is 14.2. The van der Waals surface area contributed by atoms with Crippen molar-refractivity contribution in [3.05, 3.63) is 35.4 Å². The first-order valence-corrected chi connectivity index (χ1v) is 6.29. The monoisotopic (exact) mass is 202 g/mol. The van der Waals surface area contributed by atoms with Crippen LogP contribution in [0, 0.1) is 18.8 Å². The first-order valence-electron chi connectivity index (χ1n) is 6.29. The van der Waals surface area contributed by atoms with E-state index in [1.54, 1.807) is 0 Å². The molecule has 0 aromatic heterocycles. The molecular weight excluding hydrogens is 180 g/mol. The molecule has 1 aromatic rings. The highest BCUT2D eigenvalue weighted by Crippen LogP contribution is 2.30. The van der Waals surface area contributed by atoms with Crippen molar-refractivity contribution in [3.63, 3.8) is 0 Å². The zero-order valence-corrected chi connectivity index (χ0v) is 10.00. The molecule has 1 aliphatic rings. The lowest BCUT2D eigenvalue weighted by molar-refractivity contribution is 0.281. The van der Waals surface area contributed by atoms with Crippen LogP contribution in [0.5, 0.6) is 0 Å². The van der Waals surface area contributed by atoms with Gasteiger partial charge in [0.05, 0.1) is 0 Å². The largest absolute Gasteiger partial charge is 0.0625 e. The van der Waals surface area contributed by atoms with Gasteiger partial charge >= 0.3 is 0 Å². The Morgan fingerprint density at radius 3 is 2.87 bits per heavy atom. The molecule has 0 heteroatoms. The van der Waals surface area contributed by atoms with Crippen LogP contribution in [0.15, 0.2) is 24.3 Å². The molecule has 0 nitrogen and oxygen atoms in total. The van der Waals surface area contributed by atoms with E-state index in [0.29, 0.717) is 0 Å². The maximum Gasteiger partial charge on any atom is -0.0250 e. The van der Waals surface area contributed by atoms with Crippen LogP contribution in [-0.4, -0.2) is 0 Å². The molecule has 2 atom stereocenters. The van der Waals surface area contributed by atoms with Gasteiger partial charge in [-0.15, -0.1) is 0 Å². The zero-order chi connectivity index (χ0) is 10.7. The summed E-state index contributed by atoms with van der Waals surface area (Å²) in [5.74, 6) is 1.89. The quantitative estimate of drug-likeness (QED) is 0.668. The summed E-state index contributed by atoms with van der Waals surface area (Å²) < 4.78 is 0. The Morgan fingerprint density at radius 2 is 2.13 bits per heavy atom. The smallest absolute Gasteiger partial charge is 0.0250 e. The summed E-state index contributed by atoms with van der Waals surface area (Å²) in [6.45, 7) is 4.59. The minimum atomic E-state index is 0.940. The van der Waals surface area contributed by atoms with E-state index in [-0.39, 0.29) is 0 Å². The Kier molecular flexibility index (Phi) is 3.45. The van der Waals surface area contributed by atoms with Gasteiger partial charge in [-0.1, -0.05) is 56.0 Å². The van der Waals surface area contributed by atoms with Crippen LogP contribution in [0.4, 0.5) is 0 Å². The predicted octanol–water partition coefficient (Wildman–Crippen LogP) is 4.36. The van der Waals surface area contributed by atoms with Crippen LogP contribution >= 0.6 is 0 Å². The number of aryl methyl sites for hydroxylation is 1. The molecule has 0 spiro atoms. The molecule has 1 aromatic carbocycles. The third kappa shape index (κ3) is 3.09. The molecule has 82 valence electrons. The van der Waals surface area contributed by atoms with Gasteiger partial charge in [-0.25, -0.2) is 0 Å². The molecule has 0 amide bonds. The summed E-state index contributed by atoms with van der Waals surface area (Å²) in [5, 5.41) is 0. The first kappa shape index (κ1) is 10.7. The Bertz CT molecular complexity index is 314. The molecule has 0 aliphatic heterocycles. The van der Waals surface area contributed by atoms with Crippen LogP contribution in [-0.2, 0) is 6.42 Å². The van der Waals surface area contributed by atoms with Crippen LogP contribution in [0.3, 0.4) is 0 Å². The lowest BCUT2D eigenvalue weighted by Gasteiger charge is -2.26. The summed E-state index contributed by atoms with van der Waals surface area (Å²) in [6, 6.07) is 9.01. The third-order valence-corrected chi connectivity index (χ3v) is 3.65. The maximum atomic E-state index is 2.41. The van der Waals surface area contributed by atoms with Crippen molar-refractivity contribution in [2.24, 2.45) is 11.8 Å². The average Bonchev–Trinajstić information content (AvgIpc) is 2.17. The molecule has 0 heterocycles. The van der Waals surface area contributed by atoms with Crippen molar-refractivity contribution in [2.45, 2.75) is 46.0 Å². The van der Waals surface area contributed by atoms with Crippen molar-refractivity contribution in [1.82, 2.24) is 0 Å². The number of hydrogen-bond donors (Lipinski definition) is 0. The Labute approximate surface area is 93.7 Å². The Morgan fingerprint density at radius 1 is 1.27 bits per heavy atom. The van der Waals surface area contributed by atoms with Crippen molar-refractivity contribution in [3.8, 4) is 0 Å². The van der Waals surface area contributed by atoms with Gasteiger partial charge in [-0.2, -0.15) is 0 Å². The van der Waals surface area contributed by atoms with E-state index in [0.717, 1.165) is 11.8 Å². The summed E-state index contributed by atoms with van der Waals surface area (Å²) >= 11 is 0. The van der Waals surface area contributed by atoms with E-state index in [4.69, 9.17) is 0 Å². The summed E-state index contributed by atoms with van der Waals surface area (Å²) in [7, 11) is 0. The van der Waals surface area contributed by atoms with Gasteiger partial charge in [-0.3, -0.25) is 0 Å². The minimum absolute atomic E-state index is 0.940. The number of rotatable bonds is 2. The predicted molar refractivity (Wildman–Crippen MR) is 66.0 cm³/mol. The fraction of sp³-hybridized carbons (Fsp3) is 0.600. The topological polar surface area (TPSA) is 0 Å². The average molecular weight is 202 g/mol.